The number of hydrogen-bond donors (Lipinski definition) is 1. The summed E-state index contributed by atoms with van der Waals surface area (Å²) in [4.78, 5) is 43.9. The van der Waals surface area contributed by atoms with E-state index in [1.165, 1.54) is 50.6 Å². The zero-order valence-corrected chi connectivity index (χ0v) is 24.7. The Kier molecular flexibility index (Phi) is 8.96. The zero-order valence-electron chi connectivity index (χ0n) is 23.1. The molecule has 0 saturated carbocycles. The van der Waals surface area contributed by atoms with Crippen LogP contribution in [0.2, 0.25) is 0 Å². The van der Waals surface area contributed by atoms with Crippen molar-refractivity contribution in [3.8, 4) is 5.69 Å². The molecule has 16 heteroatoms. The number of piperidine rings is 1. The van der Waals surface area contributed by atoms with Gasteiger partial charge in [-0.25, -0.2) is 22.9 Å². The number of benzene rings is 1. The molecule has 2 aliphatic heterocycles. The van der Waals surface area contributed by atoms with E-state index >= 15 is 0 Å². The van der Waals surface area contributed by atoms with Crippen LogP contribution in [0, 0.1) is 0 Å². The minimum absolute atomic E-state index is 0.107. The van der Waals surface area contributed by atoms with Crippen LogP contribution in [0.1, 0.15) is 31.9 Å². The number of sulfonamides is 1. The van der Waals surface area contributed by atoms with Crippen LogP contribution in [0.5, 0.6) is 0 Å². The van der Waals surface area contributed by atoms with Gasteiger partial charge in [-0.15, -0.1) is 16.4 Å². The number of likely N-dealkylation sites (N-methyl/N-ethyl adjacent to an activating group) is 1. The molecule has 2 amide bonds. The summed E-state index contributed by atoms with van der Waals surface area (Å²) in [5.41, 5.74) is 2.78. The van der Waals surface area contributed by atoms with Gasteiger partial charge in [0.2, 0.25) is 10.0 Å². The first-order chi connectivity index (χ1) is 20.2. The predicted molar refractivity (Wildman–Crippen MR) is 150 cm³/mol. The molecule has 42 heavy (non-hydrogen) atoms. The topological polar surface area (TPSA) is 169 Å². The Hall–Kier alpha value is -3.73. The SMILES string of the molecule is CCOC(=O)[C@H]1O[C@@H]1C(=O)N[C@@H](Cc1cscn1)C(=O)N(C)c1cn(-c2ccc(S(=O)(=O)N3CCCCC3)cc2)nn1. The minimum atomic E-state index is -3.57. The number of nitrogens with zero attached hydrogens (tertiary/aromatic N) is 6. The molecule has 3 atom stereocenters. The summed E-state index contributed by atoms with van der Waals surface area (Å²) >= 11 is 1.36. The van der Waals surface area contributed by atoms with E-state index in [1.807, 2.05) is 0 Å². The summed E-state index contributed by atoms with van der Waals surface area (Å²) in [5, 5.41) is 12.6. The third kappa shape index (κ3) is 6.51. The molecule has 224 valence electrons. The van der Waals surface area contributed by atoms with Gasteiger partial charge in [0.05, 0.1) is 34.6 Å². The highest BCUT2D eigenvalue weighted by atomic mass is 32.2. The Balaban J connectivity index is 1.27. The average Bonchev–Trinajstić information content (AvgIpc) is 3.37. The fourth-order valence-corrected chi connectivity index (χ4v) is 6.71. The Morgan fingerprint density at radius 1 is 1.17 bits per heavy atom. The van der Waals surface area contributed by atoms with E-state index in [4.69, 9.17) is 9.47 Å². The molecule has 3 aromatic rings. The van der Waals surface area contributed by atoms with Gasteiger partial charge in [0.1, 0.15) is 6.04 Å². The van der Waals surface area contributed by atoms with Gasteiger partial charge in [0.25, 0.3) is 11.8 Å². The van der Waals surface area contributed by atoms with Crippen LogP contribution in [0.4, 0.5) is 5.82 Å². The molecule has 0 unspecified atom stereocenters. The first-order valence-corrected chi connectivity index (χ1v) is 15.9. The summed E-state index contributed by atoms with van der Waals surface area (Å²) in [6.07, 6.45) is 2.32. The molecule has 2 aromatic heterocycles. The van der Waals surface area contributed by atoms with Crippen LogP contribution in [0.3, 0.4) is 0 Å². The normalized spacial score (nSPS) is 19.6. The molecule has 1 aromatic carbocycles. The Morgan fingerprint density at radius 2 is 1.90 bits per heavy atom. The summed E-state index contributed by atoms with van der Waals surface area (Å²) in [6.45, 7) is 2.84. The number of epoxide rings is 1. The van der Waals surface area contributed by atoms with Crippen molar-refractivity contribution in [3.63, 3.8) is 0 Å². The second-order valence-electron chi connectivity index (χ2n) is 9.85. The number of hydrogen-bond acceptors (Lipinski definition) is 11. The van der Waals surface area contributed by atoms with E-state index in [0.29, 0.717) is 24.5 Å². The molecule has 14 nitrogen and oxygen atoms in total. The van der Waals surface area contributed by atoms with E-state index in [1.54, 1.807) is 29.9 Å². The van der Waals surface area contributed by atoms with Crippen LogP contribution in [0.25, 0.3) is 5.69 Å². The van der Waals surface area contributed by atoms with Crippen molar-refractivity contribution in [2.24, 2.45) is 0 Å². The lowest BCUT2D eigenvalue weighted by Gasteiger charge is -2.25. The van der Waals surface area contributed by atoms with E-state index in [9.17, 15) is 22.8 Å². The standard InChI is InChI=1S/C26H31N7O7S2/c1-3-39-26(36)23-22(40-23)24(34)28-20(13-17-15-41-16-27-17)25(35)31(2)21-14-33(30-29-21)18-7-9-19(10-8-18)42(37,38)32-11-5-4-6-12-32/h7-10,14-16,20,22-23H,3-6,11-13H2,1-2H3,(H,28,34)/t20-,22-,23-/m0/s1. The highest BCUT2D eigenvalue weighted by Gasteiger charge is 2.52. The first-order valence-electron chi connectivity index (χ1n) is 13.5. The molecule has 2 aliphatic rings. The molecule has 0 radical (unpaired) electrons. The second-order valence-corrected chi connectivity index (χ2v) is 12.5. The van der Waals surface area contributed by atoms with Crippen LogP contribution < -0.4 is 10.2 Å². The van der Waals surface area contributed by atoms with Crippen LogP contribution in [-0.2, 0) is 40.3 Å². The van der Waals surface area contributed by atoms with Gasteiger partial charge in [-0.05, 0) is 44.0 Å². The number of anilines is 1. The fraction of sp³-hybridized carbons (Fsp3) is 0.462. The summed E-state index contributed by atoms with van der Waals surface area (Å²) < 4.78 is 38.9. The maximum atomic E-state index is 13.5. The van der Waals surface area contributed by atoms with E-state index < -0.39 is 46.1 Å². The quantitative estimate of drug-likeness (QED) is 0.241. The van der Waals surface area contributed by atoms with Crippen molar-refractivity contribution in [1.29, 1.82) is 0 Å². The number of thiazole rings is 1. The minimum Gasteiger partial charge on any atom is -0.464 e. The molecular formula is C26H31N7O7S2. The molecule has 1 N–H and O–H groups in total. The van der Waals surface area contributed by atoms with Crippen LogP contribution >= 0.6 is 11.3 Å². The van der Waals surface area contributed by atoms with Gasteiger partial charge in [-0.3, -0.25) is 14.5 Å². The van der Waals surface area contributed by atoms with Crippen molar-refractivity contribution in [3.05, 3.63) is 47.0 Å². The monoisotopic (exact) mass is 617 g/mol. The predicted octanol–water partition coefficient (Wildman–Crippen LogP) is 0.919. The average molecular weight is 618 g/mol. The molecule has 2 fully saturated rings. The Labute approximate surface area is 246 Å². The van der Waals surface area contributed by atoms with Gasteiger partial charge in [0, 0.05) is 31.9 Å². The van der Waals surface area contributed by atoms with Gasteiger partial charge >= 0.3 is 5.97 Å². The number of aromatic nitrogens is 4. The lowest BCUT2D eigenvalue weighted by atomic mass is 10.1. The maximum Gasteiger partial charge on any atom is 0.338 e. The van der Waals surface area contributed by atoms with Crippen molar-refractivity contribution >= 4 is 45.0 Å². The first kappa shape index (κ1) is 29.8. The van der Waals surface area contributed by atoms with Gasteiger partial charge < -0.3 is 14.8 Å². The lowest BCUT2D eigenvalue weighted by Crippen LogP contribution is -2.50. The number of rotatable bonds is 11. The van der Waals surface area contributed by atoms with Crippen molar-refractivity contribution in [2.45, 2.75) is 55.8 Å². The van der Waals surface area contributed by atoms with Crippen molar-refractivity contribution < 1.29 is 32.3 Å². The highest BCUT2D eigenvalue weighted by molar-refractivity contribution is 7.89. The third-order valence-electron chi connectivity index (χ3n) is 6.99. The summed E-state index contributed by atoms with van der Waals surface area (Å²) in [5.74, 6) is -1.53. The maximum absolute atomic E-state index is 13.5. The number of esters is 1. The van der Waals surface area contributed by atoms with Crippen molar-refractivity contribution in [1.82, 2.24) is 29.6 Å². The smallest absolute Gasteiger partial charge is 0.338 e. The number of carbonyl (C=O) groups is 3. The van der Waals surface area contributed by atoms with Crippen LogP contribution in [-0.4, -0.2) is 95.5 Å². The fourth-order valence-electron chi connectivity index (χ4n) is 4.62. The summed E-state index contributed by atoms with van der Waals surface area (Å²) in [7, 11) is -2.07. The number of carbonyl (C=O) groups excluding carboxylic acids is 3. The van der Waals surface area contributed by atoms with E-state index in [2.05, 4.69) is 20.6 Å². The Morgan fingerprint density at radius 3 is 2.57 bits per heavy atom. The lowest BCUT2D eigenvalue weighted by molar-refractivity contribution is -0.144. The zero-order chi connectivity index (χ0) is 29.9. The van der Waals surface area contributed by atoms with Gasteiger partial charge in [0.15, 0.2) is 18.0 Å². The number of nitrogens with one attached hydrogen (secondary N) is 1. The molecule has 4 heterocycles. The van der Waals surface area contributed by atoms with Crippen molar-refractivity contribution in [2.75, 3.05) is 31.6 Å². The van der Waals surface area contributed by atoms with Crippen LogP contribution in [0.15, 0.2) is 46.2 Å². The molecule has 0 bridgehead atoms. The second kappa shape index (κ2) is 12.6. The summed E-state index contributed by atoms with van der Waals surface area (Å²) in [6, 6.07) is 5.27. The Bertz CT molecular complexity index is 1520. The van der Waals surface area contributed by atoms with E-state index in [-0.39, 0.29) is 23.7 Å². The molecule has 5 rings (SSSR count). The van der Waals surface area contributed by atoms with Gasteiger partial charge in [-0.1, -0.05) is 11.6 Å². The number of ether oxygens (including phenoxy) is 2. The molecule has 2 saturated heterocycles. The third-order valence-corrected chi connectivity index (χ3v) is 9.54. The largest absolute Gasteiger partial charge is 0.464 e. The molecule has 0 spiro atoms. The van der Waals surface area contributed by atoms with E-state index in [0.717, 1.165) is 19.3 Å². The molecular weight excluding hydrogens is 586 g/mol. The highest BCUT2D eigenvalue weighted by Crippen LogP contribution is 2.25. The van der Waals surface area contributed by atoms with Gasteiger partial charge in [-0.2, -0.15) is 4.31 Å². The molecule has 0 aliphatic carbocycles. The number of amides is 2.